The molecular weight excluding hydrogens is 270 g/mol. The van der Waals surface area contributed by atoms with Crippen LogP contribution in [0.2, 0.25) is 0 Å². The predicted molar refractivity (Wildman–Crippen MR) is 90.8 cm³/mol. The van der Waals surface area contributed by atoms with Crippen molar-refractivity contribution in [3.63, 3.8) is 0 Å². The zero-order chi connectivity index (χ0) is 15.5. The maximum Gasteiger partial charge on any atom is 0.167 e. The number of carbonyl (C=O) groups excluding carboxylic acids is 1. The average Bonchev–Trinajstić information content (AvgIpc) is 2.55. The predicted octanol–water partition coefficient (Wildman–Crippen LogP) is 4.18. The van der Waals surface area contributed by atoms with Gasteiger partial charge in [0.1, 0.15) is 0 Å². The molecule has 0 atom stereocenters. The molecule has 0 fully saturated rings. The molecule has 0 amide bonds. The molecule has 1 aliphatic carbocycles. The number of hydrogen-bond acceptors (Lipinski definition) is 2. The van der Waals surface area contributed by atoms with Crippen LogP contribution in [0, 0.1) is 0 Å². The number of ketones is 1. The third kappa shape index (κ3) is 2.82. The zero-order valence-corrected chi connectivity index (χ0v) is 13.2. The molecule has 0 aliphatic heterocycles. The Bertz CT molecular complexity index is 713. The summed E-state index contributed by atoms with van der Waals surface area (Å²) >= 11 is 0. The number of hydrogen-bond donors (Lipinski definition) is 0. The maximum absolute atomic E-state index is 12.6. The van der Waals surface area contributed by atoms with Gasteiger partial charge in [0.05, 0.1) is 0 Å². The fraction of sp³-hybridized carbons (Fsp3) is 0.250. The van der Waals surface area contributed by atoms with Gasteiger partial charge in [-0.2, -0.15) is 0 Å². The minimum Gasteiger partial charge on any atom is -0.381 e. The lowest BCUT2D eigenvalue weighted by atomic mass is 9.85. The highest BCUT2D eigenvalue weighted by molar-refractivity contribution is 6.03. The van der Waals surface area contributed by atoms with Crippen molar-refractivity contribution in [2.75, 3.05) is 14.1 Å². The number of Topliss-reactive ketones (excluding diaryl/α,β-unsaturated/α-hetero) is 1. The number of carbonyl (C=O) groups is 1. The first-order chi connectivity index (χ1) is 10.7. The SMILES string of the molecule is CN(C)C1=C(CC(=O)c2ccccc2)c2ccccc2CC1. The van der Waals surface area contributed by atoms with E-state index < -0.39 is 0 Å². The number of fused-ring (bicyclic) bond motifs is 1. The van der Waals surface area contributed by atoms with E-state index in [2.05, 4.69) is 43.3 Å². The van der Waals surface area contributed by atoms with E-state index in [1.165, 1.54) is 22.4 Å². The van der Waals surface area contributed by atoms with Gasteiger partial charge in [-0.15, -0.1) is 0 Å². The van der Waals surface area contributed by atoms with Crippen LogP contribution in [0.15, 0.2) is 60.3 Å². The van der Waals surface area contributed by atoms with Gasteiger partial charge in [-0.1, -0.05) is 54.6 Å². The summed E-state index contributed by atoms with van der Waals surface area (Å²) in [4.78, 5) is 14.8. The molecule has 2 aromatic rings. The van der Waals surface area contributed by atoms with Crippen LogP contribution in [0.4, 0.5) is 0 Å². The summed E-state index contributed by atoms with van der Waals surface area (Å²) in [5, 5.41) is 0. The summed E-state index contributed by atoms with van der Waals surface area (Å²) in [6, 6.07) is 18.0. The first-order valence-electron chi connectivity index (χ1n) is 7.72. The third-order valence-corrected chi connectivity index (χ3v) is 4.29. The van der Waals surface area contributed by atoms with Crippen molar-refractivity contribution < 1.29 is 4.79 Å². The van der Waals surface area contributed by atoms with Crippen LogP contribution >= 0.6 is 0 Å². The Morgan fingerprint density at radius 3 is 2.36 bits per heavy atom. The number of allylic oxidation sites excluding steroid dienone is 2. The standard InChI is InChI=1S/C20H21NO/c1-21(2)19-13-12-15-8-6-7-11-17(15)18(19)14-20(22)16-9-4-3-5-10-16/h3-11H,12-14H2,1-2H3. The third-order valence-electron chi connectivity index (χ3n) is 4.29. The van der Waals surface area contributed by atoms with E-state index in [4.69, 9.17) is 0 Å². The number of aryl methyl sites for hydroxylation is 1. The van der Waals surface area contributed by atoms with Crippen molar-refractivity contribution in [3.8, 4) is 0 Å². The quantitative estimate of drug-likeness (QED) is 0.788. The second kappa shape index (κ2) is 6.18. The molecule has 0 saturated heterocycles. The fourth-order valence-corrected chi connectivity index (χ4v) is 3.17. The van der Waals surface area contributed by atoms with Crippen molar-refractivity contribution in [1.29, 1.82) is 0 Å². The Morgan fingerprint density at radius 1 is 0.955 bits per heavy atom. The highest BCUT2D eigenvalue weighted by Gasteiger charge is 2.22. The lowest BCUT2D eigenvalue weighted by molar-refractivity contribution is 0.0998. The lowest BCUT2D eigenvalue weighted by Crippen LogP contribution is -2.19. The summed E-state index contributed by atoms with van der Waals surface area (Å²) < 4.78 is 0. The van der Waals surface area contributed by atoms with Crippen LogP contribution in [0.25, 0.3) is 5.57 Å². The molecule has 0 radical (unpaired) electrons. The Labute approximate surface area is 132 Å². The van der Waals surface area contributed by atoms with E-state index in [0.717, 1.165) is 18.4 Å². The number of nitrogens with zero attached hydrogens (tertiary/aromatic N) is 1. The summed E-state index contributed by atoms with van der Waals surface area (Å²) in [6.07, 6.45) is 2.52. The number of rotatable bonds is 4. The van der Waals surface area contributed by atoms with Crippen LogP contribution < -0.4 is 0 Å². The Balaban J connectivity index is 1.99. The van der Waals surface area contributed by atoms with Crippen molar-refractivity contribution in [3.05, 3.63) is 77.0 Å². The molecule has 22 heavy (non-hydrogen) atoms. The second-order valence-corrected chi connectivity index (χ2v) is 5.94. The van der Waals surface area contributed by atoms with E-state index in [0.29, 0.717) is 6.42 Å². The minimum atomic E-state index is 0.187. The van der Waals surface area contributed by atoms with Crippen molar-refractivity contribution in [1.82, 2.24) is 4.90 Å². The van der Waals surface area contributed by atoms with Crippen molar-refractivity contribution >= 4 is 11.4 Å². The van der Waals surface area contributed by atoms with E-state index in [1.807, 2.05) is 30.3 Å². The molecule has 2 aromatic carbocycles. The van der Waals surface area contributed by atoms with Gasteiger partial charge in [0.25, 0.3) is 0 Å². The number of benzene rings is 2. The Morgan fingerprint density at radius 2 is 1.64 bits per heavy atom. The zero-order valence-electron chi connectivity index (χ0n) is 13.2. The van der Waals surface area contributed by atoms with E-state index in [9.17, 15) is 4.79 Å². The molecule has 1 aliphatic rings. The molecule has 0 N–H and O–H groups in total. The molecule has 2 heteroatoms. The van der Waals surface area contributed by atoms with Gasteiger partial charge in [-0.05, 0) is 29.5 Å². The summed E-state index contributed by atoms with van der Waals surface area (Å²) in [7, 11) is 4.13. The van der Waals surface area contributed by atoms with E-state index in [1.54, 1.807) is 0 Å². The second-order valence-electron chi connectivity index (χ2n) is 5.94. The molecule has 3 rings (SSSR count). The monoisotopic (exact) mass is 291 g/mol. The van der Waals surface area contributed by atoms with Crippen LogP contribution in [0.5, 0.6) is 0 Å². The highest BCUT2D eigenvalue weighted by atomic mass is 16.1. The van der Waals surface area contributed by atoms with Crippen LogP contribution in [0.3, 0.4) is 0 Å². The Kier molecular flexibility index (Phi) is 4.10. The smallest absolute Gasteiger partial charge is 0.167 e. The van der Waals surface area contributed by atoms with Gasteiger partial charge in [-0.3, -0.25) is 4.79 Å². The topological polar surface area (TPSA) is 20.3 Å². The molecule has 2 nitrogen and oxygen atoms in total. The Hall–Kier alpha value is -2.35. The molecule has 0 bridgehead atoms. The maximum atomic E-state index is 12.6. The van der Waals surface area contributed by atoms with Crippen LogP contribution in [0.1, 0.15) is 34.3 Å². The molecule has 0 heterocycles. The van der Waals surface area contributed by atoms with E-state index >= 15 is 0 Å². The largest absolute Gasteiger partial charge is 0.381 e. The van der Waals surface area contributed by atoms with Crippen LogP contribution in [-0.4, -0.2) is 24.8 Å². The molecular formula is C20H21NO. The molecule has 112 valence electrons. The van der Waals surface area contributed by atoms with Gasteiger partial charge in [0.2, 0.25) is 0 Å². The summed E-state index contributed by atoms with van der Waals surface area (Å²) in [6.45, 7) is 0. The summed E-state index contributed by atoms with van der Waals surface area (Å²) in [5.41, 5.74) is 5.84. The van der Waals surface area contributed by atoms with Gasteiger partial charge in [0.15, 0.2) is 5.78 Å². The summed E-state index contributed by atoms with van der Waals surface area (Å²) in [5.74, 6) is 0.187. The van der Waals surface area contributed by atoms with E-state index in [-0.39, 0.29) is 5.78 Å². The fourth-order valence-electron chi connectivity index (χ4n) is 3.17. The minimum absolute atomic E-state index is 0.187. The van der Waals surface area contributed by atoms with Gasteiger partial charge in [0, 0.05) is 31.8 Å². The molecule has 0 spiro atoms. The molecule has 0 unspecified atom stereocenters. The van der Waals surface area contributed by atoms with Gasteiger partial charge >= 0.3 is 0 Å². The van der Waals surface area contributed by atoms with Crippen molar-refractivity contribution in [2.24, 2.45) is 0 Å². The first kappa shape index (κ1) is 14.6. The highest BCUT2D eigenvalue weighted by Crippen LogP contribution is 2.35. The normalized spacial score (nSPS) is 13.7. The molecule has 0 saturated carbocycles. The average molecular weight is 291 g/mol. The van der Waals surface area contributed by atoms with Crippen LogP contribution in [-0.2, 0) is 6.42 Å². The molecule has 0 aromatic heterocycles. The van der Waals surface area contributed by atoms with Gasteiger partial charge < -0.3 is 4.90 Å². The first-order valence-corrected chi connectivity index (χ1v) is 7.72. The van der Waals surface area contributed by atoms with Gasteiger partial charge in [-0.25, -0.2) is 0 Å². The lowest BCUT2D eigenvalue weighted by Gasteiger charge is -2.28. The van der Waals surface area contributed by atoms with Crippen molar-refractivity contribution in [2.45, 2.75) is 19.3 Å².